The summed E-state index contributed by atoms with van der Waals surface area (Å²) >= 11 is 1.89. The van der Waals surface area contributed by atoms with Crippen LogP contribution in [0.5, 0.6) is 0 Å². The Morgan fingerprint density at radius 1 is 0.472 bits per heavy atom. The van der Waals surface area contributed by atoms with E-state index in [1.807, 2.05) is 11.3 Å². The van der Waals surface area contributed by atoms with Crippen LogP contribution in [0.1, 0.15) is 17.2 Å². The number of nitrogens with one attached hydrogen (secondary N) is 1. The fourth-order valence-corrected chi connectivity index (χ4v) is 10.1. The van der Waals surface area contributed by atoms with Crippen molar-refractivity contribution in [2.45, 2.75) is 6.04 Å². The molecule has 1 atom stereocenters. The highest BCUT2D eigenvalue weighted by molar-refractivity contribution is 7.26. The maximum absolute atomic E-state index is 5.36. The van der Waals surface area contributed by atoms with Crippen molar-refractivity contribution >= 4 is 97.5 Å². The summed E-state index contributed by atoms with van der Waals surface area (Å²) in [6, 6.07) is 61.6. The molecule has 0 spiro atoms. The van der Waals surface area contributed by atoms with E-state index in [4.69, 9.17) is 4.99 Å². The molecule has 53 heavy (non-hydrogen) atoms. The fraction of sp³-hybridized carbons (Fsp3) is 0.0208. The van der Waals surface area contributed by atoms with Gasteiger partial charge in [0.1, 0.15) is 0 Å². The number of hydrogen-bond acceptors (Lipinski definition) is 3. The standard InChI is InChI=1S/C48H30N4S/c1-2-13-31(14-3-1)51-41-20-10-7-16-33(41)38-27-39-34-17-8-11-21-42(34)52(44(39)28-43(38)51)48-49-40-19-9-6-18-37(40)46(50-48)30-23-24-35-36-25-22-29-12-4-5-15-32(29)47(36)53-45(35)26-30/h1-28,46H,(H,49,50). The molecular weight excluding hydrogens is 665 g/mol. The highest BCUT2D eigenvalue weighted by atomic mass is 32.1. The molecule has 0 radical (unpaired) electrons. The van der Waals surface area contributed by atoms with Crippen LogP contribution in [-0.2, 0) is 0 Å². The summed E-state index contributed by atoms with van der Waals surface area (Å²) in [6.45, 7) is 0. The smallest absolute Gasteiger partial charge is 0.209 e. The molecule has 248 valence electrons. The van der Waals surface area contributed by atoms with Gasteiger partial charge in [0.2, 0.25) is 5.96 Å². The van der Waals surface area contributed by atoms with Crippen LogP contribution in [0.4, 0.5) is 5.69 Å². The predicted octanol–water partition coefficient (Wildman–Crippen LogP) is 12.6. The van der Waals surface area contributed by atoms with Crippen molar-refractivity contribution in [3.63, 3.8) is 0 Å². The first kappa shape index (κ1) is 28.9. The zero-order valence-corrected chi connectivity index (χ0v) is 29.3. The number of aromatic nitrogens is 2. The number of rotatable bonds is 2. The van der Waals surface area contributed by atoms with Crippen LogP contribution in [-0.4, -0.2) is 15.1 Å². The highest BCUT2D eigenvalue weighted by Gasteiger charge is 2.27. The van der Waals surface area contributed by atoms with Crippen molar-refractivity contribution in [2.24, 2.45) is 4.99 Å². The lowest BCUT2D eigenvalue weighted by atomic mass is 9.95. The Labute approximate surface area is 308 Å². The molecular formula is C48H30N4S. The molecule has 0 saturated heterocycles. The summed E-state index contributed by atoms with van der Waals surface area (Å²) < 4.78 is 7.37. The van der Waals surface area contributed by atoms with E-state index in [0.29, 0.717) is 0 Å². The maximum atomic E-state index is 5.36. The number of hydrogen-bond donors (Lipinski definition) is 1. The molecule has 0 bridgehead atoms. The third-order valence-electron chi connectivity index (χ3n) is 11.2. The van der Waals surface area contributed by atoms with E-state index in [9.17, 15) is 0 Å². The topological polar surface area (TPSA) is 34.2 Å². The highest BCUT2D eigenvalue weighted by Crippen LogP contribution is 2.43. The van der Waals surface area contributed by atoms with Crippen molar-refractivity contribution in [3.8, 4) is 5.69 Å². The number of fused-ring (bicyclic) bond motifs is 12. The molecule has 11 aromatic rings. The fourth-order valence-electron chi connectivity index (χ4n) is 8.78. The Morgan fingerprint density at radius 2 is 1.13 bits per heavy atom. The first-order chi connectivity index (χ1) is 26.3. The second-order valence-electron chi connectivity index (χ2n) is 14.0. The van der Waals surface area contributed by atoms with Gasteiger partial charge in [-0.2, -0.15) is 0 Å². The van der Waals surface area contributed by atoms with Crippen LogP contribution in [0.15, 0.2) is 175 Å². The molecule has 4 nitrogen and oxygen atoms in total. The Hall–Kier alpha value is -6.69. The van der Waals surface area contributed by atoms with Crippen LogP contribution < -0.4 is 5.32 Å². The van der Waals surface area contributed by atoms with Crippen molar-refractivity contribution < 1.29 is 0 Å². The lowest BCUT2D eigenvalue weighted by Crippen LogP contribution is -2.36. The minimum absolute atomic E-state index is 0.0826. The third-order valence-corrected chi connectivity index (χ3v) is 12.4. The van der Waals surface area contributed by atoms with Gasteiger partial charge in [-0.05, 0) is 64.9 Å². The van der Waals surface area contributed by atoms with Gasteiger partial charge in [0.15, 0.2) is 0 Å². The largest absolute Gasteiger partial charge is 0.344 e. The minimum Gasteiger partial charge on any atom is -0.344 e. The summed E-state index contributed by atoms with van der Waals surface area (Å²) in [5.41, 5.74) is 9.15. The third kappa shape index (κ3) is 4.14. The van der Waals surface area contributed by atoms with Gasteiger partial charge in [0, 0.05) is 53.0 Å². The van der Waals surface area contributed by atoms with Gasteiger partial charge >= 0.3 is 0 Å². The number of para-hydroxylation sites is 4. The molecule has 0 fully saturated rings. The van der Waals surface area contributed by atoms with Crippen molar-refractivity contribution in [2.75, 3.05) is 0 Å². The van der Waals surface area contributed by atoms with E-state index in [-0.39, 0.29) is 6.04 Å². The van der Waals surface area contributed by atoms with Crippen molar-refractivity contribution in [1.29, 1.82) is 0 Å². The maximum Gasteiger partial charge on any atom is 0.209 e. The zero-order chi connectivity index (χ0) is 34.6. The van der Waals surface area contributed by atoms with Crippen LogP contribution in [0.3, 0.4) is 0 Å². The molecule has 12 rings (SSSR count). The Bertz CT molecular complexity index is 3330. The van der Waals surface area contributed by atoms with Gasteiger partial charge in [-0.15, -0.1) is 11.3 Å². The van der Waals surface area contributed by atoms with Gasteiger partial charge in [0.05, 0.1) is 33.8 Å². The monoisotopic (exact) mass is 694 g/mol. The van der Waals surface area contributed by atoms with Crippen LogP contribution >= 0.6 is 11.3 Å². The van der Waals surface area contributed by atoms with Gasteiger partial charge in [-0.1, -0.05) is 121 Å². The van der Waals surface area contributed by atoms with Crippen LogP contribution in [0.2, 0.25) is 0 Å². The average Bonchev–Trinajstić information content (AvgIpc) is 3.87. The molecule has 0 saturated carbocycles. The lowest BCUT2D eigenvalue weighted by molar-refractivity contribution is 0.732. The SMILES string of the molecule is c1ccc(-n2c3ccccc3c3cc4c5ccccc5n(C5=Nc6ccccc6C(c6ccc7c(c6)sc6c8ccccc8ccc76)N5)c4cc32)cc1. The number of benzene rings is 8. The van der Waals surface area contributed by atoms with Crippen LogP contribution in [0.25, 0.3) is 80.2 Å². The normalized spacial score (nSPS) is 14.5. The molecule has 4 heterocycles. The summed E-state index contributed by atoms with van der Waals surface area (Å²) in [6.07, 6.45) is 0. The Kier molecular flexibility index (Phi) is 5.96. The van der Waals surface area contributed by atoms with Crippen molar-refractivity contribution in [1.82, 2.24) is 14.5 Å². The minimum atomic E-state index is -0.0826. The molecule has 5 heteroatoms. The van der Waals surface area contributed by atoms with E-state index in [1.54, 1.807) is 0 Å². The summed E-state index contributed by atoms with van der Waals surface area (Å²) in [7, 11) is 0. The van der Waals surface area contributed by atoms with Crippen LogP contribution in [0, 0.1) is 0 Å². The lowest BCUT2D eigenvalue weighted by Gasteiger charge is -2.28. The predicted molar refractivity (Wildman–Crippen MR) is 225 cm³/mol. The number of aliphatic imine (C=N–C) groups is 1. The summed E-state index contributed by atoms with van der Waals surface area (Å²) in [5, 5.41) is 14.1. The molecule has 1 N–H and O–H groups in total. The first-order valence-corrected chi connectivity index (χ1v) is 18.9. The quantitative estimate of drug-likeness (QED) is 0.192. The first-order valence-electron chi connectivity index (χ1n) is 18.1. The molecule has 1 aliphatic heterocycles. The molecule has 0 amide bonds. The van der Waals surface area contributed by atoms with E-state index in [2.05, 4.69) is 184 Å². The molecule has 1 aliphatic rings. The Morgan fingerprint density at radius 3 is 1.96 bits per heavy atom. The molecule has 8 aromatic carbocycles. The number of nitrogens with zero attached hydrogens (tertiary/aromatic N) is 3. The average molecular weight is 695 g/mol. The van der Waals surface area contributed by atoms with E-state index < -0.39 is 0 Å². The number of thiophene rings is 1. The van der Waals surface area contributed by atoms with Crippen molar-refractivity contribution in [3.05, 3.63) is 181 Å². The summed E-state index contributed by atoms with van der Waals surface area (Å²) in [5.74, 6) is 0.823. The molecule has 3 aromatic heterocycles. The van der Waals surface area contributed by atoms with Gasteiger partial charge in [-0.3, -0.25) is 4.57 Å². The second-order valence-corrected chi connectivity index (χ2v) is 15.1. The van der Waals surface area contributed by atoms with E-state index in [0.717, 1.165) is 28.4 Å². The van der Waals surface area contributed by atoms with E-state index in [1.165, 1.54) is 74.6 Å². The Balaban J connectivity index is 1.08. The van der Waals surface area contributed by atoms with Gasteiger partial charge in [-0.25, -0.2) is 4.99 Å². The molecule has 1 unspecified atom stereocenters. The zero-order valence-electron chi connectivity index (χ0n) is 28.5. The summed E-state index contributed by atoms with van der Waals surface area (Å²) in [4.78, 5) is 5.36. The van der Waals surface area contributed by atoms with Gasteiger partial charge in [0.25, 0.3) is 0 Å². The van der Waals surface area contributed by atoms with Gasteiger partial charge < -0.3 is 9.88 Å². The second kappa shape index (κ2) is 10.9. The van der Waals surface area contributed by atoms with E-state index >= 15 is 0 Å². The molecule has 0 aliphatic carbocycles.